The molecule has 18 aromatic rings. The van der Waals surface area contributed by atoms with Crippen LogP contribution in [0.1, 0.15) is 109 Å². The number of fused-ring (bicyclic) bond motifs is 18. The first-order valence-corrected chi connectivity index (χ1v) is 41.2. The predicted molar refractivity (Wildman–Crippen MR) is 502 cm³/mol. The van der Waals surface area contributed by atoms with Crippen molar-refractivity contribution in [2.45, 2.75) is 64.2 Å². The van der Waals surface area contributed by atoms with Gasteiger partial charge in [0.2, 0.25) is 0 Å². The number of aromatic nitrogens is 6. The molecule has 122 heavy (non-hydrogen) atoms. The van der Waals surface area contributed by atoms with Crippen molar-refractivity contribution in [3.8, 4) is 124 Å². The van der Waals surface area contributed by atoms with E-state index in [1.807, 2.05) is 91.0 Å². The first-order valence-electron chi connectivity index (χ1n) is 40.8. The molecule has 0 atom stereocenters. The van der Waals surface area contributed by atoms with E-state index >= 15 is 0 Å². The fourth-order valence-corrected chi connectivity index (χ4v) is 19.5. The van der Waals surface area contributed by atoms with Crippen LogP contribution in [0.3, 0.4) is 0 Å². The van der Waals surface area contributed by atoms with Crippen LogP contribution in [-0.2, 0) is 21.7 Å². The summed E-state index contributed by atoms with van der Waals surface area (Å²) in [5.74, 6) is 3.59. The Labute approximate surface area is 719 Å². The quantitative estimate of drug-likeness (QED) is 0.130. The molecule has 16 aromatic carbocycles. The van der Waals surface area contributed by atoms with E-state index < -0.39 is 12.5 Å². The topological polar surface area (TPSA) is 118 Å². The number of hydrogen-bond acceptors (Lipinski definition) is 8. The van der Waals surface area contributed by atoms with Crippen LogP contribution in [0.4, 0.5) is 0 Å². The van der Waals surface area contributed by atoms with Gasteiger partial charge in [0, 0.05) is 54.8 Å². The van der Waals surface area contributed by atoms with Gasteiger partial charge in [-0.05, 0) is 140 Å². The van der Waals surface area contributed by atoms with Gasteiger partial charge in [-0.3, -0.25) is 0 Å². The van der Waals surface area contributed by atoms with Crippen LogP contribution in [0, 0.1) is 0 Å². The lowest BCUT2D eigenvalue weighted by atomic mass is 9.55. The average Bonchev–Trinajstić information content (AvgIpc) is 1.48. The number of rotatable bonds is 10. The summed E-state index contributed by atoms with van der Waals surface area (Å²) in [7, 11) is -1.52. The Kier molecular flexibility index (Phi) is 20.8. The van der Waals surface area contributed by atoms with Crippen molar-refractivity contribution in [1.29, 1.82) is 0 Å². The normalized spacial score (nSPS) is 13.5. The fraction of sp³-hybridized carbons (Fsp3) is 0.0893. The molecule has 2 spiro atoms. The summed E-state index contributed by atoms with van der Waals surface area (Å²) in [4.78, 5) is 29.4. The molecule has 0 saturated heterocycles. The van der Waals surface area contributed by atoms with Gasteiger partial charge in [0.1, 0.15) is 0 Å². The minimum absolute atomic E-state index is 0. The summed E-state index contributed by atoms with van der Waals surface area (Å²) in [5, 5.41) is 19.6. The van der Waals surface area contributed by atoms with Crippen LogP contribution in [0.15, 0.2) is 400 Å². The molecule has 2 aromatic heterocycles. The number of benzene rings is 16. The molecule has 588 valence electrons. The Hall–Kier alpha value is -14.2. The highest BCUT2D eigenvalue weighted by Crippen LogP contribution is 2.65. The molecule has 10 heteroatoms. The van der Waals surface area contributed by atoms with Gasteiger partial charge in [-0.15, -0.1) is 0 Å². The maximum absolute atomic E-state index is 9.40. The summed E-state index contributed by atoms with van der Waals surface area (Å²) in [6.45, 7) is 9.43. The molecule has 0 saturated carbocycles. The second-order valence-electron chi connectivity index (χ2n) is 32.2. The highest BCUT2D eigenvalue weighted by molar-refractivity contribution is 6.58. The Morgan fingerprint density at radius 3 is 0.836 bits per heavy atom. The molecule has 4 aliphatic rings. The Morgan fingerprint density at radius 2 is 0.459 bits per heavy atom. The second kappa shape index (κ2) is 32.2. The Bertz CT molecular complexity index is 6860. The highest BCUT2D eigenvalue weighted by atomic mass is 35.5. The lowest BCUT2D eigenvalue weighted by molar-refractivity contribution is 0.426. The van der Waals surface area contributed by atoms with Crippen LogP contribution in [-0.4, -0.2) is 47.1 Å². The van der Waals surface area contributed by atoms with Crippen molar-refractivity contribution >= 4 is 24.2 Å². The predicted octanol–water partition coefficient (Wildman–Crippen LogP) is 26.0. The van der Waals surface area contributed by atoms with Gasteiger partial charge in [-0.1, -0.05) is 436 Å². The van der Waals surface area contributed by atoms with E-state index in [4.69, 9.17) is 41.5 Å². The maximum Gasteiger partial charge on any atom is 0.488 e. The molecule has 22 rings (SSSR count). The number of halogens is 1. The largest absolute Gasteiger partial charge is 0.488 e. The Balaban J connectivity index is 0.000000135. The lowest BCUT2D eigenvalue weighted by Gasteiger charge is -2.46. The van der Waals surface area contributed by atoms with Gasteiger partial charge in [-0.2, -0.15) is 0 Å². The molecular formula is C112H88BClN6O2. The molecule has 0 bridgehead atoms. The van der Waals surface area contributed by atoms with Crippen molar-refractivity contribution in [3.63, 3.8) is 0 Å². The lowest BCUT2D eigenvalue weighted by Crippen LogP contribution is -2.40. The summed E-state index contributed by atoms with van der Waals surface area (Å²) in [6.07, 6.45) is 0. The molecule has 0 amide bonds. The highest BCUT2D eigenvalue weighted by Gasteiger charge is 2.55. The van der Waals surface area contributed by atoms with Crippen molar-refractivity contribution in [2.24, 2.45) is 0 Å². The van der Waals surface area contributed by atoms with Crippen molar-refractivity contribution in [3.05, 3.63) is 472 Å². The van der Waals surface area contributed by atoms with Gasteiger partial charge in [0.05, 0.1) is 10.8 Å². The van der Waals surface area contributed by atoms with Crippen molar-refractivity contribution in [1.82, 2.24) is 29.9 Å². The zero-order chi connectivity index (χ0) is 81.3. The third-order valence-corrected chi connectivity index (χ3v) is 25.1. The van der Waals surface area contributed by atoms with E-state index in [9.17, 15) is 10.0 Å². The van der Waals surface area contributed by atoms with E-state index in [1.54, 1.807) is 24.3 Å². The van der Waals surface area contributed by atoms with Gasteiger partial charge >= 0.3 is 7.12 Å². The summed E-state index contributed by atoms with van der Waals surface area (Å²) >= 11 is 6.81. The van der Waals surface area contributed by atoms with Crippen LogP contribution in [0.5, 0.6) is 0 Å². The van der Waals surface area contributed by atoms with Crippen LogP contribution < -0.4 is 5.46 Å². The molecule has 4 aliphatic carbocycles. The molecule has 8 nitrogen and oxygen atoms in total. The smallest absolute Gasteiger partial charge is 0.423 e. The van der Waals surface area contributed by atoms with Gasteiger partial charge in [0.15, 0.2) is 34.9 Å². The molecular weight excluding hydrogens is 1510 g/mol. The van der Waals surface area contributed by atoms with E-state index in [-0.39, 0.29) is 31.1 Å². The third-order valence-electron chi connectivity index (χ3n) is 24.8. The number of hydrogen-bond donors (Lipinski definition) is 2. The Morgan fingerprint density at radius 1 is 0.213 bits per heavy atom. The van der Waals surface area contributed by atoms with E-state index in [0.717, 1.165) is 66.2 Å². The summed E-state index contributed by atoms with van der Waals surface area (Å²) < 4.78 is 0. The SMILES string of the molecule is C.C.CC1(C)c2ccccc2C2(c3ccccc3-c3c(-c4ccc(-c5nc(-c6ccccc6)nc(-c6cccc(-c7ccccc7)c6)n5)cc4)cccc32)c2ccccc21.CC1(C)c2ccccc2C2(c3ccccc3-c3c(Cl)cccc32)c2ccccc21.OB(O)c1ccc(-c2nc(-c3ccccc3)nc(-c3cccc(-c4ccccc4)c3)n2)cc1. The monoisotopic (exact) mass is 1590 g/mol. The summed E-state index contributed by atoms with van der Waals surface area (Å²) in [6, 6.07) is 140. The number of nitrogens with zero attached hydrogens (tertiary/aromatic N) is 6. The van der Waals surface area contributed by atoms with E-state index in [2.05, 4.69) is 313 Å². The van der Waals surface area contributed by atoms with Crippen LogP contribution in [0.2, 0.25) is 5.02 Å². The van der Waals surface area contributed by atoms with Crippen molar-refractivity contribution < 1.29 is 10.0 Å². The summed E-state index contributed by atoms with van der Waals surface area (Å²) in [5.41, 5.74) is 33.0. The first kappa shape index (κ1) is 79.0. The molecule has 2 N–H and O–H groups in total. The minimum atomic E-state index is -1.52. The minimum Gasteiger partial charge on any atom is -0.423 e. The molecule has 0 radical (unpaired) electrons. The van der Waals surface area contributed by atoms with Gasteiger partial charge in [-0.25, -0.2) is 29.9 Å². The zero-order valence-corrected chi connectivity index (χ0v) is 67.4. The average molecular weight is 1600 g/mol. The zero-order valence-electron chi connectivity index (χ0n) is 66.6. The fourth-order valence-electron chi connectivity index (χ4n) is 19.3. The second-order valence-corrected chi connectivity index (χ2v) is 32.6. The van der Waals surface area contributed by atoms with Gasteiger partial charge < -0.3 is 10.0 Å². The van der Waals surface area contributed by atoms with E-state index in [1.165, 1.54) is 94.6 Å². The van der Waals surface area contributed by atoms with Crippen molar-refractivity contribution in [2.75, 3.05) is 0 Å². The molecule has 0 unspecified atom stereocenters. The molecule has 2 heterocycles. The van der Waals surface area contributed by atoms with Gasteiger partial charge in [0.25, 0.3) is 0 Å². The molecule has 0 fully saturated rings. The first-order chi connectivity index (χ1) is 58.8. The van der Waals surface area contributed by atoms with Crippen LogP contribution >= 0.6 is 11.6 Å². The standard InChI is InChI=1S/C55H39N3.C28H21Cl.C27H20BN3O2.2CH4/c1-54(2)45-26-11-13-28-47(45)55(48-29-14-12-27-46(48)54)44-25-10-9-23-43(44)50-42(24-16-30-49(50)55)37-31-33-39(34-32-37)52-56-51(38-19-7-4-8-20-38)57-53(58-52)41-22-15-21-40(35-41)36-17-5-3-6-18-36;1-27(2)20-12-5-7-14-22(20)28(23-15-8-6-13-21(23)27)19-11-4-3-10-18(19)26-24(28)16-9-17-25(26)29;32-28(33)24-16-14-21(15-17-24)26-29-25(20-10-5-2-6-11-20)30-27(31-26)23-13-7-12-22(18-23)19-8-3-1-4-9-19;;/h3-35H,1-2H3;3-17H,1-2H3;1-18,32-33H;2*1H4. The molecule has 0 aliphatic heterocycles. The third kappa shape index (κ3) is 13.3. The van der Waals surface area contributed by atoms with E-state index in [0.29, 0.717) is 40.4 Å². The van der Waals surface area contributed by atoms with Crippen LogP contribution in [0.25, 0.3) is 124 Å². The maximum atomic E-state index is 9.40.